The minimum atomic E-state index is 0. The van der Waals surface area contributed by atoms with Crippen molar-refractivity contribution in [3.63, 3.8) is 0 Å². The van der Waals surface area contributed by atoms with E-state index in [-0.39, 0.29) is 24.8 Å². The second-order valence-corrected chi connectivity index (χ2v) is 5.33. The normalized spacial score (nSPS) is 26.1. The molecule has 2 aliphatic heterocycles. The lowest BCUT2D eigenvalue weighted by Crippen LogP contribution is -2.46. The number of piperazine rings is 1. The third-order valence-electron chi connectivity index (χ3n) is 3.49. The standard InChI is InChI=1S/C12H15BrN2.2ClH/c13-10-2-1-3-11(8-10)15-7-6-14-5-4-12(15)9-14;;/h1-3,8,12H,4-7,9H2;2*1H. The highest BCUT2D eigenvalue weighted by Crippen LogP contribution is 2.28. The van der Waals surface area contributed by atoms with Crippen LogP contribution in [-0.4, -0.2) is 37.1 Å². The summed E-state index contributed by atoms with van der Waals surface area (Å²) in [6.45, 7) is 4.95. The first kappa shape index (κ1) is 15.1. The Labute approximate surface area is 123 Å². The van der Waals surface area contributed by atoms with E-state index in [4.69, 9.17) is 0 Å². The second kappa shape index (κ2) is 6.28. The summed E-state index contributed by atoms with van der Waals surface area (Å²) in [5.74, 6) is 0. The maximum Gasteiger partial charge on any atom is 0.0429 e. The summed E-state index contributed by atoms with van der Waals surface area (Å²) in [4.78, 5) is 5.13. The zero-order valence-electron chi connectivity index (χ0n) is 9.51. The lowest BCUT2D eigenvalue weighted by molar-refractivity contribution is 0.311. The van der Waals surface area contributed by atoms with Gasteiger partial charge in [0.25, 0.3) is 0 Å². The highest BCUT2D eigenvalue weighted by molar-refractivity contribution is 9.10. The largest absolute Gasteiger partial charge is 0.366 e. The van der Waals surface area contributed by atoms with E-state index in [1.54, 1.807) is 0 Å². The molecule has 2 saturated heterocycles. The topological polar surface area (TPSA) is 6.48 Å². The zero-order chi connectivity index (χ0) is 10.3. The molecular formula is C12H17BrCl2N2. The van der Waals surface area contributed by atoms with Crippen LogP contribution in [0.2, 0.25) is 0 Å². The maximum absolute atomic E-state index is 3.54. The van der Waals surface area contributed by atoms with Gasteiger partial charge in [-0.05, 0) is 24.6 Å². The summed E-state index contributed by atoms with van der Waals surface area (Å²) in [5.41, 5.74) is 1.37. The summed E-state index contributed by atoms with van der Waals surface area (Å²) in [5, 5.41) is 0. The van der Waals surface area contributed by atoms with Crippen molar-refractivity contribution in [2.75, 3.05) is 31.1 Å². The van der Waals surface area contributed by atoms with E-state index in [0.717, 1.165) is 6.04 Å². The molecule has 96 valence electrons. The average Bonchev–Trinajstić information content (AvgIpc) is 2.61. The van der Waals surface area contributed by atoms with Gasteiger partial charge in [0.2, 0.25) is 0 Å². The molecule has 1 aromatic rings. The molecule has 2 fully saturated rings. The molecule has 17 heavy (non-hydrogen) atoms. The fourth-order valence-corrected chi connectivity index (χ4v) is 3.08. The molecule has 2 aliphatic rings. The molecule has 2 bridgehead atoms. The summed E-state index contributed by atoms with van der Waals surface area (Å²) >= 11 is 3.54. The predicted molar refractivity (Wildman–Crippen MR) is 80.8 cm³/mol. The summed E-state index contributed by atoms with van der Waals surface area (Å²) in [6, 6.07) is 9.41. The van der Waals surface area contributed by atoms with E-state index >= 15 is 0 Å². The Morgan fingerprint density at radius 3 is 2.71 bits per heavy atom. The minimum Gasteiger partial charge on any atom is -0.366 e. The molecule has 0 aromatic heterocycles. The minimum absolute atomic E-state index is 0. The monoisotopic (exact) mass is 338 g/mol. The Balaban J connectivity index is 0.000000722. The summed E-state index contributed by atoms with van der Waals surface area (Å²) in [7, 11) is 0. The molecule has 2 unspecified atom stereocenters. The van der Waals surface area contributed by atoms with Gasteiger partial charge in [-0.2, -0.15) is 0 Å². The number of fused-ring (bicyclic) bond motifs is 2. The van der Waals surface area contributed by atoms with Crippen molar-refractivity contribution in [3.8, 4) is 0 Å². The van der Waals surface area contributed by atoms with Crippen LogP contribution in [0, 0.1) is 0 Å². The average molecular weight is 340 g/mol. The van der Waals surface area contributed by atoms with Gasteiger partial charge >= 0.3 is 0 Å². The SMILES string of the molecule is Brc1cccc(N2CCN3CCC2C3)c1.Cl.Cl. The van der Waals surface area contributed by atoms with Gasteiger partial charge in [0, 0.05) is 42.4 Å². The molecule has 0 amide bonds. The van der Waals surface area contributed by atoms with Crippen LogP contribution in [0.5, 0.6) is 0 Å². The molecule has 2 nitrogen and oxygen atoms in total. The van der Waals surface area contributed by atoms with E-state index in [9.17, 15) is 0 Å². The van der Waals surface area contributed by atoms with Crippen molar-refractivity contribution in [3.05, 3.63) is 28.7 Å². The third kappa shape index (κ3) is 3.08. The highest BCUT2D eigenvalue weighted by Gasteiger charge is 2.32. The quantitative estimate of drug-likeness (QED) is 0.775. The molecule has 5 heteroatoms. The van der Waals surface area contributed by atoms with E-state index in [1.807, 2.05) is 0 Å². The molecule has 3 rings (SSSR count). The molecule has 0 spiro atoms. The van der Waals surface area contributed by atoms with Crippen molar-refractivity contribution in [1.82, 2.24) is 4.90 Å². The fraction of sp³-hybridized carbons (Fsp3) is 0.500. The van der Waals surface area contributed by atoms with E-state index in [2.05, 4.69) is 50.0 Å². The number of anilines is 1. The first-order valence-electron chi connectivity index (χ1n) is 5.57. The smallest absolute Gasteiger partial charge is 0.0429 e. The molecule has 2 atom stereocenters. The second-order valence-electron chi connectivity index (χ2n) is 4.42. The van der Waals surface area contributed by atoms with Gasteiger partial charge in [-0.15, -0.1) is 24.8 Å². The Hall–Kier alpha value is 0.0400. The van der Waals surface area contributed by atoms with Crippen LogP contribution in [0.4, 0.5) is 5.69 Å². The number of halogens is 3. The molecule has 0 aliphatic carbocycles. The number of rotatable bonds is 1. The van der Waals surface area contributed by atoms with E-state index in [0.29, 0.717) is 0 Å². The van der Waals surface area contributed by atoms with Crippen LogP contribution in [0.1, 0.15) is 6.42 Å². The number of benzene rings is 1. The number of hydrogen-bond acceptors (Lipinski definition) is 2. The van der Waals surface area contributed by atoms with Crippen LogP contribution in [0.25, 0.3) is 0 Å². The lowest BCUT2D eigenvalue weighted by Gasteiger charge is -2.36. The molecule has 0 radical (unpaired) electrons. The van der Waals surface area contributed by atoms with Crippen LogP contribution < -0.4 is 4.90 Å². The van der Waals surface area contributed by atoms with Crippen molar-refractivity contribution < 1.29 is 0 Å². The van der Waals surface area contributed by atoms with Gasteiger partial charge in [-0.1, -0.05) is 22.0 Å². The first-order valence-corrected chi connectivity index (χ1v) is 6.37. The molecule has 0 N–H and O–H groups in total. The maximum atomic E-state index is 3.54. The van der Waals surface area contributed by atoms with E-state index < -0.39 is 0 Å². The van der Waals surface area contributed by atoms with Gasteiger partial charge in [-0.3, -0.25) is 4.90 Å². The number of hydrogen-bond donors (Lipinski definition) is 0. The van der Waals surface area contributed by atoms with E-state index in [1.165, 1.54) is 42.8 Å². The van der Waals surface area contributed by atoms with Gasteiger partial charge in [0.15, 0.2) is 0 Å². The molecule has 2 heterocycles. The van der Waals surface area contributed by atoms with Crippen LogP contribution in [0.3, 0.4) is 0 Å². The third-order valence-corrected chi connectivity index (χ3v) is 3.98. The van der Waals surface area contributed by atoms with Gasteiger partial charge in [-0.25, -0.2) is 0 Å². The van der Waals surface area contributed by atoms with Crippen molar-refractivity contribution >= 4 is 46.4 Å². The van der Waals surface area contributed by atoms with Gasteiger partial charge < -0.3 is 4.90 Å². The molecular weight excluding hydrogens is 323 g/mol. The van der Waals surface area contributed by atoms with Gasteiger partial charge in [0.1, 0.15) is 0 Å². The predicted octanol–water partition coefficient (Wildman–Crippen LogP) is 3.19. The van der Waals surface area contributed by atoms with Gasteiger partial charge in [0.05, 0.1) is 0 Å². The fourth-order valence-electron chi connectivity index (χ4n) is 2.70. The zero-order valence-corrected chi connectivity index (χ0v) is 12.7. The van der Waals surface area contributed by atoms with Crippen LogP contribution in [-0.2, 0) is 0 Å². The Morgan fingerprint density at radius 2 is 1.94 bits per heavy atom. The number of nitrogens with zero attached hydrogens (tertiary/aromatic N) is 2. The Kier molecular flexibility index (Phi) is 5.58. The van der Waals surface area contributed by atoms with Crippen molar-refractivity contribution in [2.45, 2.75) is 12.5 Å². The van der Waals surface area contributed by atoms with Crippen molar-refractivity contribution in [1.29, 1.82) is 0 Å². The highest BCUT2D eigenvalue weighted by atomic mass is 79.9. The van der Waals surface area contributed by atoms with Crippen molar-refractivity contribution in [2.24, 2.45) is 0 Å². The summed E-state index contributed by atoms with van der Waals surface area (Å²) < 4.78 is 1.18. The lowest BCUT2D eigenvalue weighted by atomic mass is 10.1. The molecule has 0 saturated carbocycles. The Bertz CT molecular complexity index is 375. The Morgan fingerprint density at radius 1 is 1.12 bits per heavy atom. The van der Waals surface area contributed by atoms with Crippen LogP contribution >= 0.6 is 40.7 Å². The molecule has 1 aromatic carbocycles. The first-order chi connectivity index (χ1) is 7.33. The van der Waals surface area contributed by atoms with Crippen LogP contribution in [0.15, 0.2) is 28.7 Å². The summed E-state index contributed by atoms with van der Waals surface area (Å²) in [6.07, 6.45) is 1.33.